The fourth-order valence-corrected chi connectivity index (χ4v) is 5.11. The van der Waals surface area contributed by atoms with Crippen LogP contribution in [0.4, 0.5) is 0 Å². The van der Waals surface area contributed by atoms with Crippen molar-refractivity contribution in [1.29, 1.82) is 0 Å². The monoisotopic (exact) mass is 360 g/mol. The molecule has 0 saturated heterocycles. The van der Waals surface area contributed by atoms with Crippen molar-refractivity contribution in [3.05, 3.63) is 30.2 Å². The second-order valence-electron chi connectivity index (χ2n) is 6.80. The fourth-order valence-electron chi connectivity index (χ4n) is 3.76. The molecule has 0 spiro atoms. The molecule has 7 nitrogen and oxygen atoms in total. The molecule has 2 aliphatic rings. The van der Waals surface area contributed by atoms with Gasteiger partial charge in [0, 0.05) is 29.3 Å². The minimum absolute atomic E-state index is 0.0127. The first-order chi connectivity index (χ1) is 12.0. The van der Waals surface area contributed by atoms with Gasteiger partial charge in [-0.2, -0.15) is 0 Å². The predicted octanol–water partition coefficient (Wildman–Crippen LogP) is 0.303. The minimum Gasteiger partial charge on any atom is -0.429 e. The van der Waals surface area contributed by atoms with Gasteiger partial charge >= 0.3 is 7.05 Å². The number of aromatic nitrogens is 2. The zero-order valence-electron chi connectivity index (χ0n) is 14.0. The van der Waals surface area contributed by atoms with Gasteiger partial charge in [0.15, 0.2) is 0 Å². The van der Waals surface area contributed by atoms with Crippen LogP contribution in [-0.4, -0.2) is 42.3 Å². The molecule has 4 rings (SSSR count). The van der Waals surface area contributed by atoms with Crippen LogP contribution < -0.4 is 15.4 Å². The average Bonchev–Trinajstić information content (AvgIpc) is 3.00. The number of nitrogens with one attached hydrogen (secondary N) is 3. The molecule has 0 unspecified atom stereocenters. The maximum absolute atomic E-state index is 11.9. The van der Waals surface area contributed by atoms with Gasteiger partial charge < -0.3 is 15.2 Å². The standard InChI is InChI=1S/C16H21BN4O3S/c1-2-5-25(23,24)21-11-6-10(7-11)13-8-20-17(22)14-9-19-16-12(15(13)14)3-4-18-16/h3-4,8-11,20-22H,2,5-7H2,1H3,(H,18,19)/t10-,11+. The van der Waals surface area contributed by atoms with Gasteiger partial charge in [-0.25, -0.2) is 18.1 Å². The lowest BCUT2D eigenvalue weighted by Crippen LogP contribution is -2.50. The van der Waals surface area contributed by atoms with E-state index in [4.69, 9.17) is 0 Å². The molecule has 0 aromatic carbocycles. The molecule has 0 amide bonds. The van der Waals surface area contributed by atoms with E-state index in [1.807, 2.05) is 25.4 Å². The summed E-state index contributed by atoms with van der Waals surface area (Å²) in [5, 5.41) is 14.2. The Morgan fingerprint density at radius 3 is 3.00 bits per heavy atom. The van der Waals surface area contributed by atoms with Crippen LogP contribution in [0.15, 0.2) is 24.7 Å². The summed E-state index contributed by atoms with van der Waals surface area (Å²) in [5.41, 5.74) is 3.67. The Morgan fingerprint density at radius 2 is 2.24 bits per heavy atom. The Hall–Kier alpha value is -1.84. The predicted molar refractivity (Wildman–Crippen MR) is 98.5 cm³/mol. The van der Waals surface area contributed by atoms with E-state index in [1.165, 1.54) is 0 Å². The number of rotatable bonds is 5. The lowest BCUT2D eigenvalue weighted by molar-refractivity contribution is 0.310. The van der Waals surface area contributed by atoms with E-state index in [2.05, 4.69) is 19.9 Å². The van der Waals surface area contributed by atoms with Gasteiger partial charge in [-0.15, -0.1) is 0 Å². The first-order valence-electron chi connectivity index (χ1n) is 8.59. The fraction of sp³-hybridized carbons (Fsp3) is 0.438. The van der Waals surface area contributed by atoms with Gasteiger partial charge in [0.1, 0.15) is 5.65 Å². The molecule has 2 aromatic rings. The Kier molecular flexibility index (Phi) is 4.09. The Bertz CT molecular complexity index is 934. The van der Waals surface area contributed by atoms with Gasteiger partial charge in [0.2, 0.25) is 10.0 Å². The summed E-state index contributed by atoms with van der Waals surface area (Å²) < 4.78 is 26.6. The SMILES string of the molecule is CCCS(=O)(=O)N[C@H]1C[C@@H](C2=CNB(O)c3cnc4[nH]ccc4c32)C1. The van der Waals surface area contributed by atoms with E-state index in [0.717, 1.165) is 40.5 Å². The smallest absolute Gasteiger partial charge is 0.429 e. The molecule has 4 N–H and O–H groups in total. The molecular weight excluding hydrogens is 339 g/mol. The first-order valence-corrected chi connectivity index (χ1v) is 10.2. The number of sulfonamides is 1. The maximum Gasteiger partial charge on any atom is 0.448 e. The number of pyridine rings is 1. The van der Waals surface area contributed by atoms with Crippen molar-refractivity contribution < 1.29 is 13.4 Å². The van der Waals surface area contributed by atoms with Gasteiger partial charge in [0.25, 0.3) is 0 Å². The molecule has 3 heterocycles. The van der Waals surface area contributed by atoms with Crippen molar-refractivity contribution in [2.24, 2.45) is 5.92 Å². The first kappa shape index (κ1) is 16.6. The highest BCUT2D eigenvalue weighted by Gasteiger charge is 2.38. The van der Waals surface area contributed by atoms with Crippen molar-refractivity contribution in [2.45, 2.75) is 32.2 Å². The van der Waals surface area contributed by atoms with Crippen molar-refractivity contribution >= 4 is 39.1 Å². The molecule has 0 bridgehead atoms. The molecule has 1 aliphatic carbocycles. The van der Waals surface area contributed by atoms with E-state index >= 15 is 0 Å². The van der Waals surface area contributed by atoms with E-state index in [0.29, 0.717) is 6.42 Å². The van der Waals surface area contributed by atoms with Crippen molar-refractivity contribution in [1.82, 2.24) is 19.9 Å². The van der Waals surface area contributed by atoms with Gasteiger partial charge in [-0.05, 0) is 48.6 Å². The number of fused-ring (bicyclic) bond motifs is 3. The lowest BCUT2D eigenvalue weighted by atomic mass is 9.64. The zero-order chi connectivity index (χ0) is 17.6. The Labute approximate surface area is 147 Å². The van der Waals surface area contributed by atoms with Crippen molar-refractivity contribution in [3.63, 3.8) is 0 Å². The highest BCUT2D eigenvalue weighted by atomic mass is 32.2. The summed E-state index contributed by atoms with van der Waals surface area (Å²) in [6.45, 7) is 1.86. The number of H-pyrrole nitrogens is 1. The van der Waals surface area contributed by atoms with Gasteiger partial charge in [-0.3, -0.25) is 0 Å². The lowest BCUT2D eigenvalue weighted by Gasteiger charge is -2.39. The van der Waals surface area contributed by atoms with Crippen LogP contribution in [0.25, 0.3) is 16.6 Å². The number of nitrogens with zero attached hydrogens (tertiary/aromatic N) is 1. The quantitative estimate of drug-likeness (QED) is 0.574. The van der Waals surface area contributed by atoms with Crippen LogP contribution in [0.2, 0.25) is 0 Å². The van der Waals surface area contributed by atoms with Gasteiger partial charge in [0.05, 0.1) is 5.75 Å². The normalized spacial score (nSPS) is 23.0. The van der Waals surface area contributed by atoms with Crippen LogP contribution in [0.3, 0.4) is 0 Å². The third kappa shape index (κ3) is 2.96. The van der Waals surface area contributed by atoms with Crippen molar-refractivity contribution in [2.75, 3.05) is 5.75 Å². The highest BCUT2D eigenvalue weighted by Crippen LogP contribution is 2.41. The number of hydrogen-bond donors (Lipinski definition) is 4. The second kappa shape index (κ2) is 6.15. The third-order valence-corrected chi connectivity index (χ3v) is 6.63. The average molecular weight is 360 g/mol. The summed E-state index contributed by atoms with van der Waals surface area (Å²) in [6.07, 6.45) is 7.54. The van der Waals surface area contributed by atoms with Crippen LogP contribution in [0, 0.1) is 5.92 Å². The molecule has 9 heteroatoms. The van der Waals surface area contributed by atoms with Crippen LogP contribution in [0.1, 0.15) is 31.7 Å². The summed E-state index contributed by atoms with van der Waals surface area (Å²) >= 11 is 0. The van der Waals surface area contributed by atoms with Crippen molar-refractivity contribution in [3.8, 4) is 0 Å². The summed E-state index contributed by atoms with van der Waals surface area (Å²) in [7, 11) is -3.95. The van der Waals surface area contributed by atoms with E-state index in [-0.39, 0.29) is 17.7 Å². The molecule has 25 heavy (non-hydrogen) atoms. The molecule has 132 valence electrons. The summed E-state index contributed by atoms with van der Waals surface area (Å²) in [4.78, 5) is 7.45. The summed E-state index contributed by atoms with van der Waals surface area (Å²) in [5.74, 6) is 0.428. The Balaban J connectivity index is 1.57. The number of hydrogen-bond acceptors (Lipinski definition) is 5. The molecule has 1 fully saturated rings. The molecular formula is C16H21BN4O3S. The largest absolute Gasteiger partial charge is 0.448 e. The van der Waals surface area contributed by atoms with E-state index in [1.54, 1.807) is 6.20 Å². The second-order valence-corrected chi connectivity index (χ2v) is 8.67. The zero-order valence-corrected chi connectivity index (χ0v) is 14.8. The molecule has 0 radical (unpaired) electrons. The maximum atomic E-state index is 11.9. The molecule has 1 aliphatic heterocycles. The van der Waals surface area contributed by atoms with Crippen LogP contribution >= 0.6 is 0 Å². The van der Waals surface area contributed by atoms with E-state index in [9.17, 15) is 13.4 Å². The highest BCUT2D eigenvalue weighted by molar-refractivity contribution is 7.89. The molecule has 1 saturated carbocycles. The molecule has 2 aromatic heterocycles. The number of aromatic amines is 1. The topological polar surface area (TPSA) is 107 Å². The van der Waals surface area contributed by atoms with E-state index < -0.39 is 17.1 Å². The minimum atomic E-state index is -3.18. The third-order valence-electron chi connectivity index (χ3n) is 4.99. The van der Waals surface area contributed by atoms with Gasteiger partial charge in [-0.1, -0.05) is 6.92 Å². The molecule has 0 atom stereocenters. The van der Waals surface area contributed by atoms with Crippen LogP contribution in [0.5, 0.6) is 0 Å². The number of allylic oxidation sites excluding steroid dienone is 1. The van der Waals surface area contributed by atoms with Crippen LogP contribution in [-0.2, 0) is 10.0 Å². The summed E-state index contributed by atoms with van der Waals surface area (Å²) in [6, 6.07) is 1.95. The Morgan fingerprint density at radius 1 is 1.44 bits per heavy atom.